The molecule has 0 amide bonds. The van der Waals surface area contributed by atoms with Crippen molar-refractivity contribution in [2.24, 2.45) is 10.9 Å². The third-order valence-electron chi connectivity index (χ3n) is 5.34. The van der Waals surface area contributed by atoms with Gasteiger partial charge in [-0.2, -0.15) is 4.99 Å². The lowest BCUT2D eigenvalue weighted by molar-refractivity contribution is 0.314. The zero-order valence-corrected chi connectivity index (χ0v) is 14.6. The van der Waals surface area contributed by atoms with Crippen LogP contribution in [0, 0.1) is 5.92 Å². The van der Waals surface area contributed by atoms with Gasteiger partial charge in [0.2, 0.25) is 0 Å². The van der Waals surface area contributed by atoms with Crippen molar-refractivity contribution in [3.05, 3.63) is 64.9 Å². The second-order valence-electron chi connectivity index (χ2n) is 6.95. The number of fused-ring (bicyclic) bond motifs is 1. The van der Waals surface area contributed by atoms with E-state index in [2.05, 4.69) is 58.7 Å². The smallest absolute Gasteiger partial charge is 0.0637 e. The van der Waals surface area contributed by atoms with Crippen molar-refractivity contribution in [2.75, 3.05) is 0 Å². The van der Waals surface area contributed by atoms with Crippen LogP contribution in [0.1, 0.15) is 42.4 Å². The van der Waals surface area contributed by atoms with Gasteiger partial charge in [-0.15, -0.1) is 0 Å². The zero-order valence-electron chi connectivity index (χ0n) is 13.8. The van der Waals surface area contributed by atoms with Crippen LogP contribution in [0.15, 0.2) is 53.2 Å². The third kappa shape index (κ3) is 3.26. The summed E-state index contributed by atoms with van der Waals surface area (Å²) >= 11 is 4.71. The molecule has 0 unspecified atom stereocenters. The molecule has 0 aromatic heterocycles. The second-order valence-corrected chi connectivity index (χ2v) is 7.13. The number of aliphatic imine (C=N–C) groups is 1. The predicted molar refractivity (Wildman–Crippen MR) is 104 cm³/mol. The number of thiocarbonyl (C=S) groups is 1. The maximum Gasteiger partial charge on any atom is 0.0637 e. The van der Waals surface area contributed by atoms with Crippen molar-refractivity contribution >= 4 is 23.5 Å². The lowest BCUT2D eigenvalue weighted by Crippen LogP contribution is -2.13. The van der Waals surface area contributed by atoms with Crippen LogP contribution in [-0.2, 0) is 12.8 Å². The summed E-state index contributed by atoms with van der Waals surface area (Å²) in [7, 11) is 0. The molecule has 4 rings (SSSR count). The van der Waals surface area contributed by atoms with Gasteiger partial charge in [-0.3, -0.25) is 0 Å². The Morgan fingerprint density at radius 2 is 1.79 bits per heavy atom. The molecule has 1 saturated carbocycles. The molecule has 2 aromatic carbocycles. The molecule has 120 valence electrons. The first-order valence-electron chi connectivity index (χ1n) is 8.82. The van der Waals surface area contributed by atoms with Gasteiger partial charge in [-0.05, 0) is 71.3 Å². The summed E-state index contributed by atoms with van der Waals surface area (Å²) in [5.41, 5.74) is 7.78. The standard InChI is InChI=1S/C22H21NS/c24-15-23-22-11-10-20-13-19(8-9-21(20)14-22)18-6-4-17(5-7-18)12-16-2-1-3-16/h4-9,13-14,16H,1-3,10-12H2. The molecule has 2 aromatic rings. The predicted octanol–water partition coefficient (Wildman–Crippen LogP) is 6.09. The van der Waals surface area contributed by atoms with E-state index in [9.17, 15) is 0 Å². The molecule has 24 heavy (non-hydrogen) atoms. The van der Waals surface area contributed by atoms with E-state index < -0.39 is 0 Å². The highest BCUT2D eigenvalue weighted by atomic mass is 32.1. The molecule has 0 aliphatic heterocycles. The van der Waals surface area contributed by atoms with Crippen LogP contribution in [-0.4, -0.2) is 5.16 Å². The van der Waals surface area contributed by atoms with E-state index in [0.717, 1.165) is 24.5 Å². The van der Waals surface area contributed by atoms with Crippen LogP contribution in [0.3, 0.4) is 0 Å². The molecule has 1 fully saturated rings. The van der Waals surface area contributed by atoms with Gasteiger partial charge in [-0.1, -0.05) is 61.7 Å². The zero-order chi connectivity index (χ0) is 16.4. The normalized spacial score (nSPS) is 16.6. The van der Waals surface area contributed by atoms with Crippen LogP contribution in [0.4, 0.5) is 0 Å². The van der Waals surface area contributed by atoms with Crippen molar-refractivity contribution < 1.29 is 0 Å². The number of hydrogen-bond donors (Lipinski definition) is 0. The Bertz CT molecular complexity index is 822. The maximum atomic E-state index is 4.71. The Kier molecular flexibility index (Phi) is 4.42. The summed E-state index contributed by atoms with van der Waals surface area (Å²) in [6.45, 7) is 0. The Hall–Kier alpha value is -2.02. The van der Waals surface area contributed by atoms with Gasteiger partial charge in [0.15, 0.2) is 0 Å². The summed E-state index contributed by atoms with van der Waals surface area (Å²) in [6, 6.07) is 15.9. The second kappa shape index (κ2) is 6.84. The summed E-state index contributed by atoms with van der Waals surface area (Å²) in [6.07, 6.45) is 9.59. The Balaban J connectivity index is 1.55. The maximum absolute atomic E-state index is 4.71. The van der Waals surface area contributed by atoms with Crippen molar-refractivity contribution in [2.45, 2.75) is 38.5 Å². The van der Waals surface area contributed by atoms with Gasteiger partial charge >= 0.3 is 0 Å². The van der Waals surface area contributed by atoms with E-state index in [4.69, 9.17) is 12.2 Å². The largest absolute Gasteiger partial charge is 0.199 e. The molecule has 2 aliphatic rings. The lowest BCUT2D eigenvalue weighted by Gasteiger charge is -2.25. The summed E-state index contributed by atoms with van der Waals surface area (Å²) in [4.78, 5) is 4.13. The minimum absolute atomic E-state index is 0.926. The molecular formula is C22H21NS. The molecule has 2 aliphatic carbocycles. The van der Waals surface area contributed by atoms with E-state index in [1.807, 2.05) is 0 Å². The number of rotatable bonds is 4. The molecule has 0 spiro atoms. The highest BCUT2D eigenvalue weighted by molar-refractivity contribution is 7.78. The molecule has 0 heterocycles. The summed E-state index contributed by atoms with van der Waals surface area (Å²) < 4.78 is 0. The van der Waals surface area contributed by atoms with E-state index in [0.29, 0.717) is 0 Å². The van der Waals surface area contributed by atoms with Crippen molar-refractivity contribution in [3.63, 3.8) is 0 Å². The monoisotopic (exact) mass is 331 g/mol. The summed E-state index contributed by atoms with van der Waals surface area (Å²) in [5.74, 6) is 0.926. The van der Waals surface area contributed by atoms with Gasteiger partial charge in [0.1, 0.15) is 0 Å². The van der Waals surface area contributed by atoms with Crippen LogP contribution >= 0.6 is 12.2 Å². The van der Waals surface area contributed by atoms with E-state index in [-0.39, 0.29) is 0 Å². The van der Waals surface area contributed by atoms with Gasteiger partial charge in [0.05, 0.1) is 10.9 Å². The molecule has 0 atom stereocenters. The minimum atomic E-state index is 0.926. The fraction of sp³-hybridized carbons (Fsp3) is 0.318. The van der Waals surface area contributed by atoms with Crippen molar-refractivity contribution in [3.8, 4) is 11.1 Å². The number of allylic oxidation sites excluding steroid dienone is 1. The number of hydrogen-bond acceptors (Lipinski definition) is 2. The van der Waals surface area contributed by atoms with Crippen LogP contribution in [0.25, 0.3) is 17.2 Å². The molecule has 2 heteroatoms. The third-order valence-corrected chi connectivity index (χ3v) is 5.43. The lowest BCUT2D eigenvalue weighted by atomic mass is 9.81. The summed E-state index contributed by atoms with van der Waals surface area (Å²) in [5, 5.41) is 2.47. The Labute approximate surface area is 149 Å². The fourth-order valence-corrected chi connectivity index (χ4v) is 3.78. The Morgan fingerprint density at radius 1 is 1.00 bits per heavy atom. The van der Waals surface area contributed by atoms with Crippen LogP contribution in [0.2, 0.25) is 0 Å². The van der Waals surface area contributed by atoms with Crippen LogP contribution < -0.4 is 0 Å². The molecule has 0 radical (unpaired) electrons. The minimum Gasteiger partial charge on any atom is -0.199 e. The van der Waals surface area contributed by atoms with Crippen LogP contribution in [0.5, 0.6) is 0 Å². The fourth-order valence-electron chi connectivity index (χ4n) is 3.67. The van der Waals surface area contributed by atoms with Gasteiger partial charge < -0.3 is 0 Å². The van der Waals surface area contributed by atoms with Gasteiger partial charge in [0.25, 0.3) is 0 Å². The Morgan fingerprint density at radius 3 is 2.50 bits per heavy atom. The molecule has 0 N–H and O–H groups in total. The van der Waals surface area contributed by atoms with E-state index in [1.165, 1.54) is 53.5 Å². The van der Waals surface area contributed by atoms with Crippen molar-refractivity contribution in [1.82, 2.24) is 0 Å². The topological polar surface area (TPSA) is 12.4 Å². The molecule has 0 bridgehead atoms. The van der Waals surface area contributed by atoms with Gasteiger partial charge in [-0.25, -0.2) is 0 Å². The number of benzene rings is 2. The van der Waals surface area contributed by atoms with Crippen molar-refractivity contribution in [1.29, 1.82) is 0 Å². The molecular weight excluding hydrogens is 310 g/mol. The van der Waals surface area contributed by atoms with E-state index >= 15 is 0 Å². The van der Waals surface area contributed by atoms with Gasteiger partial charge in [0, 0.05) is 0 Å². The first-order chi connectivity index (χ1) is 11.8. The van der Waals surface area contributed by atoms with E-state index in [1.54, 1.807) is 0 Å². The average molecular weight is 331 g/mol. The first kappa shape index (κ1) is 15.5. The molecule has 1 nitrogen and oxygen atoms in total. The first-order valence-corrected chi connectivity index (χ1v) is 9.23. The highest BCUT2D eigenvalue weighted by Crippen LogP contribution is 2.32. The quantitative estimate of drug-likeness (QED) is 0.488. The molecule has 0 saturated heterocycles. The number of isothiocyanates is 1. The average Bonchev–Trinajstić information content (AvgIpc) is 2.58. The number of nitrogens with zero attached hydrogens (tertiary/aromatic N) is 1. The SMILES string of the molecule is S=C=NC1=Cc2ccc(-c3ccc(CC4CCC4)cc3)cc2CC1. The number of aryl methyl sites for hydroxylation is 1. The highest BCUT2D eigenvalue weighted by Gasteiger charge is 2.17.